The van der Waals surface area contributed by atoms with Gasteiger partial charge in [-0.05, 0) is 59.3 Å². The number of carbonyl (C=O) groups is 1. The lowest BCUT2D eigenvalue weighted by Gasteiger charge is -2.14. The summed E-state index contributed by atoms with van der Waals surface area (Å²) in [6.07, 6.45) is 1.38. The summed E-state index contributed by atoms with van der Waals surface area (Å²) < 4.78 is 26.2. The highest BCUT2D eigenvalue weighted by molar-refractivity contribution is 9.10. The summed E-state index contributed by atoms with van der Waals surface area (Å²) in [5.41, 5.74) is 3.99. The number of benzene rings is 3. The number of carbonyl (C=O) groups excluding carboxylic acids is 1. The third-order valence-corrected chi connectivity index (χ3v) is 5.28. The van der Waals surface area contributed by atoms with Crippen molar-refractivity contribution in [3.05, 3.63) is 92.7 Å². The molecule has 0 aliphatic rings. The Bertz CT molecular complexity index is 1330. The average molecular weight is 521 g/mol. The molecule has 9 heteroatoms. The Morgan fingerprint density at radius 3 is 2.59 bits per heavy atom. The van der Waals surface area contributed by atoms with E-state index >= 15 is 0 Å². The highest BCUT2D eigenvalue weighted by Gasteiger charge is 2.13. The molecule has 0 unspecified atom stereocenters. The van der Waals surface area contributed by atoms with Crippen molar-refractivity contribution in [2.24, 2.45) is 5.10 Å². The number of nitrogens with one attached hydrogen (secondary N) is 1. The van der Waals surface area contributed by atoms with Gasteiger partial charge in [-0.25, -0.2) is 9.82 Å². The lowest BCUT2D eigenvalue weighted by Crippen LogP contribution is -2.19. The zero-order chi connectivity index (χ0) is 24.5. The number of ether oxygens (including phenoxy) is 2. The van der Waals surface area contributed by atoms with Crippen LogP contribution in [0.25, 0.3) is 0 Å². The molecule has 0 spiro atoms. The van der Waals surface area contributed by atoms with E-state index in [4.69, 9.17) is 14.7 Å². The first-order chi connectivity index (χ1) is 16.5. The molecule has 34 heavy (non-hydrogen) atoms. The van der Waals surface area contributed by atoms with Crippen molar-refractivity contribution in [3.63, 3.8) is 0 Å². The van der Waals surface area contributed by atoms with Crippen molar-refractivity contribution in [1.82, 2.24) is 5.43 Å². The molecule has 0 fully saturated rings. The number of hydrogen-bond donors (Lipinski definition) is 1. The number of nitriles is 2. The van der Waals surface area contributed by atoms with Gasteiger partial charge in [0.25, 0.3) is 5.91 Å². The molecule has 0 bridgehead atoms. The predicted molar refractivity (Wildman–Crippen MR) is 127 cm³/mol. The molecule has 0 saturated carbocycles. The fourth-order valence-corrected chi connectivity index (χ4v) is 3.36. The van der Waals surface area contributed by atoms with Gasteiger partial charge in [-0.3, -0.25) is 4.79 Å². The van der Waals surface area contributed by atoms with Crippen molar-refractivity contribution < 1.29 is 18.7 Å². The third-order valence-electron chi connectivity index (χ3n) is 4.60. The molecular formula is C25H18BrFN4O3. The molecule has 0 aromatic heterocycles. The highest BCUT2D eigenvalue weighted by atomic mass is 79.9. The highest BCUT2D eigenvalue weighted by Crippen LogP contribution is 2.34. The third kappa shape index (κ3) is 5.97. The maximum absolute atomic E-state index is 14.0. The molecule has 170 valence electrons. The van der Waals surface area contributed by atoms with Gasteiger partial charge in [-0.1, -0.05) is 18.2 Å². The summed E-state index contributed by atoms with van der Waals surface area (Å²) in [4.78, 5) is 12.2. The summed E-state index contributed by atoms with van der Waals surface area (Å²) in [6.45, 7) is 2.39. The molecule has 3 aromatic rings. The minimum atomic E-state index is -0.814. The number of halogens is 2. The summed E-state index contributed by atoms with van der Waals surface area (Å²) >= 11 is 3.44. The van der Waals surface area contributed by atoms with Gasteiger partial charge in [0.2, 0.25) is 0 Å². The van der Waals surface area contributed by atoms with Gasteiger partial charge >= 0.3 is 0 Å². The van der Waals surface area contributed by atoms with E-state index in [1.165, 1.54) is 18.3 Å². The second kappa shape index (κ2) is 11.6. The molecule has 0 saturated heterocycles. The van der Waals surface area contributed by atoms with Crippen molar-refractivity contribution in [1.29, 1.82) is 10.5 Å². The summed E-state index contributed by atoms with van der Waals surface area (Å²) in [5, 5.41) is 21.9. The van der Waals surface area contributed by atoms with E-state index in [2.05, 4.69) is 32.5 Å². The minimum Gasteiger partial charge on any atom is -0.490 e. The monoisotopic (exact) mass is 520 g/mol. The SMILES string of the molecule is CCOc1cc(/C=N\NC(=O)c2ccc(C#N)cc2F)c(Br)cc1OCc1ccccc1C#N. The van der Waals surface area contributed by atoms with Crippen LogP contribution in [0, 0.1) is 28.5 Å². The molecule has 1 amide bonds. The number of nitrogens with zero attached hydrogens (tertiary/aromatic N) is 3. The van der Waals surface area contributed by atoms with Crippen LogP contribution in [-0.4, -0.2) is 18.7 Å². The van der Waals surface area contributed by atoms with Crippen LogP contribution in [0.3, 0.4) is 0 Å². The Morgan fingerprint density at radius 2 is 1.88 bits per heavy atom. The Kier molecular flexibility index (Phi) is 8.33. The summed E-state index contributed by atoms with van der Waals surface area (Å²) in [6, 6.07) is 18.0. The van der Waals surface area contributed by atoms with Crippen molar-refractivity contribution in [2.75, 3.05) is 6.61 Å². The predicted octanol–water partition coefficient (Wildman–Crippen LogP) is 5.07. The molecule has 0 aliphatic heterocycles. The van der Waals surface area contributed by atoms with Crippen LogP contribution >= 0.6 is 15.9 Å². The molecule has 1 N–H and O–H groups in total. The second-order valence-electron chi connectivity index (χ2n) is 6.82. The van der Waals surface area contributed by atoms with Gasteiger partial charge in [-0.2, -0.15) is 15.6 Å². The van der Waals surface area contributed by atoms with Gasteiger partial charge in [0, 0.05) is 15.6 Å². The van der Waals surface area contributed by atoms with Crippen LogP contribution in [-0.2, 0) is 6.61 Å². The topological polar surface area (TPSA) is 108 Å². The van der Waals surface area contributed by atoms with Gasteiger partial charge in [0.05, 0.1) is 41.7 Å². The number of hydrazone groups is 1. The lowest BCUT2D eigenvalue weighted by molar-refractivity contribution is 0.0951. The van der Waals surface area contributed by atoms with Crippen LogP contribution in [0.4, 0.5) is 4.39 Å². The van der Waals surface area contributed by atoms with Gasteiger partial charge in [0.1, 0.15) is 12.4 Å². The van der Waals surface area contributed by atoms with E-state index < -0.39 is 11.7 Å². The fourth-order valence-electron chi connectivity index (χ4n) is 2.93. The van der Waals surface area contributed by atoms with E-state index in [0.29, 0.717) is 33.7 Å². The maximum atomic E-state index is 14.0. The summed E-state index contributed by atoms with van der Waals surface area (Å²) in [5.74, 6) is -0.657. The minimum absolute atomic E-state index is 0.114. The Morgan fingerprint density at radius 1 is 1.12 bits per heavy atom. The quantitative estimate of drug-likeness (QED) is 0.329. The Hall–Kier alpha value is -4.21. The lowest BCUT2D eigenvalue weighted by atomic mass is 10.1. The van der Waals surface area contributed by atoms with Crippen LogP contribution in [0.1, 0.15) is 39.5 Å². The van der Waals surface area contributed by atoms with E-state index in [-0.39, 0.29) is 17.7 Å². The number of rotatable bonds is 8. The normalized spacial score (nSPS) is 10.4. The van der Waals surface area contributed by atoms with Crippen molar-refractivity contribution in [3.8, 4) is 23.6 Å². The van der Waals surface area contributed by atoms with E-state index in [1.54, 1.807) is 30.3 Å². The number of hydrogen-bond acceptors (Lipinski definition) is 6. The first kappa shape index (κ1) is 24.4. The molecule has 0 atom stereocenters. The smallest absolute Gasteiger partial charge is 0.274 e. The van der Waals surface area contributed by atoms with E-state index in [1.807, 2.05) is 19.1 Å². The van der Waals surface area contributed by atoms with Crippen LogP contribution in [0.15, 0.2) is 64.2 Å². The molecular weight excluding hydrogens is 503 g/mol. The molecule has 7 nitrogen and oxygen atoms in total. The molecule has 3 rings (SSSR count). The maximum Gasteiger partial charge on any atom is 0.274 e. The van der Waals surface area contributed by atoms with E-state index in [9.17, 15) is 14.4 Å². The average Bonchev–Trinajstić information content (AvgIpc) is 2.84. The molecule has 3 aromatic carbocycles. The van der Waals surface area contributed by atoms with Crippen molar-refractivity contribution in [2.45, 2.75) is 13.5 Å². The van der Waals surface area contributed by atoms with Crippen LogP contribution in [0.5, 0.6) is 11.5 Å². The molecule has 0 radical (unpaired) electrons. The first-order valence-electron chi connectivity index (χ1n) is 10.1. The largest absolute Gasteiger partial charge is 0.490 e. The fraction of sp³-hybridized carbons (Fsp3) is 0.120. The van der Waals surface area contributed by atoms with Gasteiger partial charge in [-0.15, -0.1) is 0 Å². The van der Waals surface area contributed by atoms with Crippen LogP contribution < -0.4 is 14.9 Å². The Labute approximate surface area is 204 Å². The zero-order valence-corrected chi connectivity index (χ0v) is 19.6. The van der Waals surface area contributed by atoms with Crippen LogP contribution in [0.2, 0.25) is 0 Å². The van der Waals surface area contributed by atoms with Gasteiger partial charge in [0.15, 0.2) is 11.5 Å². The van der Waals surface area contributed by atoms with Gasteiger partial charge < -0.3 is 9.47 Å². The molecule has 0 aliphatic carbocycles. The molecule has 0 heterocycles. The first-order valence-corrected chi connectivity index (χ1v) is 10.9. The standard InChI is InChI=1S/C25H18BrFN4O3/c1-2-33-23-10-19(14-30-31-25(32)20-8-7-16(12-28)9-22(20)27)21(26)11-24(23)34-15-18-6-4-3-5-17(18)13-29/h3-11,14H,2,15H2,1H3,(H,31,32)/b30-14-. The summed E-state index contributed by atoms with van der Waals surface area (Å²) in [7, 11) is 0. The number of amides is 1. The zero-order valence-electron chi connectivity index (χ0n) is 18.0. The van der Waals surface area contributed by atoms with Crippen molar-refractivity contribution >= 4 is 28.1 Å². The van der Waals surface area contributed by atoms with E-state index in [0.717, 1.165) is 11.6 Å². The Balaban J connectivity index is 1.75. The second-order valence-corrected chi connectivity index (χ2v) is 7.67.